The van der Waals surface area contributed by atoms with E-state index in [1.807, 2.05) is 0 Å². The summed E-state index contributed by atoms with van der Waals surface area (Å²) in [7, 11) is 2.15. The lowest BCUT2D eigenvalue weighted by Gasteiger charge is -2.25. The molecule has 0 spiro atoms. The third-order valence-corrected chi connectivity index (χ3v) is 3.85. The van der Waals surface area contributed by atoms with Gasteiger partial charge in [0.2, 0.25) is 0 Å². The Morgan fingerprint density at radius 3 is 2.53 bits per heavy atom. The molecule has 2 N–H and O–H groups in total. The van der Waals surface area contributed by atoms with Crippen LogP contribution in [-0.2, 0) is 0 Å². The molecule has 19 heavy (non-hydrogen) atoms. The Morgan fingerprint density at radius 2 is 1.95 bits per heavy atom. The van der Waals surface area contributed by atoms with Gasteiger partial charge < -0.3 is 10.4 Å². The fraction of sp³-hybridized carbons (Fsp3) is 0.600. The summed E-state index contributed by atoms with van der Waals surface area (Å²) in [5.41, 5.74) is 0.747. The molecule has 1 aliphatic rings. The largest absolute Gasteiger partial charge is 0.387 e. The first-order chi connectivity index (χ1) is 9.08. The van der Waals surface area contributed by atoms with E-state index >= 15 is 0 Å². The van der Waals surface area contributed by atoms with Gasteiger partial charge in [-0.25, -0.2) is 4.39 Å². The van der Waals surface area contributed by atoms with E-state index in [4.69, 9.17) is 0 Å². The average Bonchev–Trinajstić information content (AvgIpc) is 3.22. The molecule has 0 aliphatic heterocycles. The van der Waals surface area contributed by atoms with Crippen LogP contribution in [0, 0.1) is 5.82 Å². The van der Waals surface area contributed by atoms with E-state index in [9.17, 15) is 9.50 Å². The van der Waals surface area contributed by atoms with Crippen LogP contribution < -0.4 is 5.32 Å². The van der Waals surface area contributed by atoms with E-state index in [-0.39, 0.29) is 5.82 Å². The molecule has 1 saturated carbocycles. The number of hydrogen-bond donors (Lipinski definition) is 2. The van der Waals surface area contributed by atoms with Crippen LogP contribution in [0.25, 0.3) is 0 Å². The molecule has 2 rings (SSSR count). The van der Waals surface area contributed by atoms with Crippen molar-refractivity contribution in [3.8, 4) is 0 Å². The molecule has 2 atom stereocenters. The summed E-state index contributed by atoms with van der Waals surface area (Å²) in [6.07, 6.45) is 2.02. The lowest BCUT2D eigenvalue weighted by Crippen LogP contribution is -2.40. The summed E-state index contributed by atoms with van der Waals surface area (Å²) in [6.45, 7) is 3.54. The molecular formula is C15H23FN2O. The van der Waals surface area contributed by atoms with Crippen molar-refractivity contribution in [2.24, 2.45) is 0 Å². The second kappa shape index (κ2) is 6.46. The Morgan fingerprint density at radius 1 is 1.32 bits per heavy atom. The number of likely N-dealkylation sites (N-methyl/N-ethyl adjacent to an activating group) is 1. The molecule has 0 bridgehead atoms. The minimum absolute atomic E-state index is 0.274. The van der Waals surface area contributed by atoms with Crippen LogP contribution in [0.5, 0.6) is 0 Å². The first kappa shape index (κ1) is 14.4. The van der Waals surface area contributed by atoms with Crippen LogP contribution in [-0.4, -0.2) is 42.2 Å². The molecule has 0 heterocycles. The topological polar surface area (TPSA) is 35.5 Å². The highest BCUT2D eigenvalue weighted by Crippen LogP contribution is 2.26. The first-order valence-electron chi connectivity index (χ1n) is 6.94. The number of aliphatic hydroxyl groups is 1. The SMILES string of the molecule is CC(CNCC(O)c1ccc(F)cc1)N(C)C1CC1. The van der Waals surface area contributed by atoms with E-state index in [1.54, 1.807) is 12.1 Å². The highest BCUT2D eigenvalue weighted by Gasteiger charge is 2.28. The molecule has 4 heteroatoms. The maximum absolute atomic E-state index is 12.8. The van der Waals surface area contributed by atoms with Gasteiger partial charge in [0.15, 0.2) is 0 Å². The van der Waals surface area contributed by atoms with Crippen molar-refractivity contribution in [3.05, 3.63) is 35.6 Å². The van der Waals surface area contributed by atoms with Gasteiger partial charge in [0.25, 0.3) is 0 Å². The van der Waals surface area contributed by atoms with Gasteiger partial charge in [0.1, 0.15) is 5.82 Å². The van der Waals surface area contributed by atoms with Crippen molar-refractivity contribution in [1.82, 2.24) is 10.2 Å². The van der Waals surface area contributed by atoms with Gasteiger partial charge in [-0.15, -0.1) is 0 Å². The number of nitrogens with one attached hydrogen (secondary N) is 1. The van der Waals surface area contributed by atoms with Gasteiger partial charge >= 0.3 is 0 Å². The molecule has 2 unspecified atom stereocenters. The Hall–Kier alpha value is -0.970. The lowest BCUT2D eigenvalue weighted by molar-refractivity contribution is 0.167. The van der Waals surface area contributed by atoms with Crippen LogP contribution in [0.15, 0.2) is 24.3 Å². The molecule has 1 aromatic carbocycles. The number of benzene rings is 1. The second-order valence-electron chi connectivity index (χ2n) is 5.47. The van der Waals surface area contributed by atoms with Crippen LogP contribution >= 0.6 is 0 Å². The Labute approximate surface area is 114 Å². The lowest BCUT2D eigenvalue weighted by atomic mass is 10.1. The Bertz CT molecular complexity index is 392. The maximum Gasteiger partial charge on any atom is 0.123 e. The van der Waals surface area contributed by atoms with E-state index in [0.29, 0.717) is 12.6 Å². The highest BCUT2D eigenvalue weighted by molar-refractivity contribution is 5.18. The van der Waals surface area contributed by atoms with Crippen molar-refractivity contribution in [2.45, 2.75) is 38.0 Å². The highest BCUT2D eigenvalue weighted by atomic mass is 19.1. The molecular weight excluding hydrogens is 243 g/mol. The predicted molar refractivity (Wildman–Crippen MR) is 74.5 cm³/mol. The fourth-order valence-corrected chi connectivity index (χ4v) is 2.22. The zero-order valence-corrected chi connectivity index (χ0v) is 11.6. The normalized spacial score (nSPS) is 18.6. The Balaban J connectivity index is 1.71. The molecule has 1 fully saturated rings. The number of hydrogen-bond acceptors (Lipinski definition) is 3. The van der Waals surface area contributed by atoms with Crippen molar-refractivity contribution >= 4 is 0 Å². The third kappa shape index (κ3) is 4.27. The summed E-state index contributed by atoms with van der Waals surface area (Å²) >= 11 is 0. The monoisotopic (exact) mass is 266 g/mol. The zero-order valence-electron chi connectivity index (χ0n) is 11.6. The van der Waals surface area contributed by atoms with Gasteiger partial charge in [-0.05, 0) is 44.5 Å². The van der Waals surface area contributed by atoms with Crippen molar-refractivity contribution in [2.75, 3.05) is 20.1 Å². The van der Waals surface area contributed by atoms with Crippen molar-refractivity contribution < 1.29 is 9.50 Å². The molecule has 106 valence electrons. The quantitative estimate of drug-likeness (QED) is 0.791. The third-order valence-electron chi connectivity index (χ3n) is 3.85. The van der Waals surface area contributed by atoms with Crippen molar-refractivity contribution in [3.63, 3.8) is 0 Å². The summed E-state index contributed by atoms with van der Waals surface area (Å²) in [5, 5.41) is 13.3. The van der Waals surface area contributed by atoms with Crippen LogP contribution in [0.4, 0.5) is 4.39 Å². The van der Waals surface area contributed by atoms with Crippen LogP contribution in [0.3, 0.4) is 0 Å². The molecule has 3 nitrogen and oxygen atoms in total. The predicted octanol–water partition coefficient (Wildman–Crippen LogP) is 1.93. The average molecular weight is 266 g/mol. The molecule has 0 amide bonds. The van der Waals surface area contributed by atoms with E-state index in [1.165, 1.54) is 25.0 Å². The molecule has 1 aromatic rings. The standard InChI is InChI=1S/C15H23FN2O/c1-11(18(2)14-7-8-14)9-17-10-15(19)12-3-5-13(16)6-4-12/h3-6,11,14-15,17,19H,7-10H2,1-2H3. The van der Waals surface area contributed by atoms with Gasteiger partial charge in [0, 0.05) is 25.2 Å². The van der Waals surface area contributed by atoms with Gasteiger partial charge in [-0.2, -0.15) is 0 Å². The number of nitrogens with zero attached hydrogens (tertiary/aromatic N) is 1. The number of aliphatic hydroxyl groups excluding tert-OH is 1. The fourth-order valence-electron chi connectivity index (χ4n) is 2.22. The van der Waals surface area contributed by atoms with Crippen LogP contribution in [0.2, 0.25) is 0 Å². The van der Waals surface area contributed by atoms with Gasteiger partial charge in [-0.1, -0.05) is 12.1 Å². The molecule has 0 saturated heterocycles. The molecule has 1 aliphatic carbocycles. The first-order valence-corrected chi connectivity index (χ1v) is 6.94. The summed E-state index contributed by atoms with van der Waals surface area (Å²) in [6, 6.07) is 7.22. The second-order valence-corrected chi connectivity index (χ2v) is 5.47. The van der Waals surface area contributed by atoms with Gasteiger partial charge in [-0.3, -0.25) is 4.90 Å². The Kier molecular flexibility index (Phi) is 4.91. The number of halogens is 1. The molecule has 0 radical (unpaired) electrons. The smallest absolute Gasteiger partial charge is 0.123 e. The van der Waals surface area contributed by atoms with Gasteiger partial charge in [0.05, 0.1) is 6.10 Å². The molecule has 0 aromatic heterocycles. The van der Waals surface area contributed by atoms with Crippen LogP contribution in [0.1, 0.15) is 31.4 Å². The van der Waals surface area contributed by atoms with Crippen molar-refractivity contribution in [1.29, 1.82) is 0 Å². The minimum Gasteiger partial charge on any atom is -0.387 e. The zero-order chi connectivity index (χ0) is 13.8. The van der Waals surface area contributed by atoms with E-state index in [2.05, 4.69) is 24.2 Å². The summed E-state index contributed by atoms with van der Waals surface area (Å²) < 4.78 is 12.8. The summed E-state index contributed by atoms with van der Waals surface area (Å²) in [4.78, 5) is 2.39. The van der Waals surface area contributed by atoms with E-state index < -0.39 is 6.10 Å². The number of rotatable bonds is 7. The maximum atomic E-state index is 12.8. The minimum atomic E-state index is -0.584. The summed E-state index contributed by atoms with van der Waals surface area (Å²) in [5.74, 6) is -0.274. The van der Waals surface area contributed by atoms with E-state index in [0.717, 1.165) is 18.2 Å².